The standard InChI is InChI=1S/C17H13N5O2/c1-3-12-5-4-6-13(9-12)19-17(24)14-10-18-22(11(14)2)15-7-8-16(23)21-20-15/h1,4-10H,2H3,(H,19,24)(H,21,23). The molecule has 2 N–H and O–H groups in total. The third-order valence-corrected chi connectivity index (χ3v) is 3.42. The molecule has 0 fully saturated rings. The number of H-pyrrole nitrogens is 1. The minimum atomic E-state index is -0.310. The van der Waals surface area contributed by atoms with Gasteiger partial charge in [-0.25, -0.2) is 9.78 Å². The predicted molar refractivity (Wildman–Crippen MR) is 89.0 cm³/mol. The number of anilines is 1. The van der Waals surface area contributed by atoms with Gasteiger partial charge in [-0.05, 0) is 31.2 Å². The van der Waals surface area contributed by atoms with Gasteiger partial charge >= 0.3 is 0 Å². The molecule has 0 aliphatic heterocycles. The fraction of sp³-hybridized carbons (Fsp3) is 0.0588. The number of amides is 1. The zero-order chi connectivity index (χ0) is 17.1. The molecule has 2 aromatic heterocycles. The van der Waals surface area contributed by atoms with Gasteiger partial charge in [0.1, 0.15) is 0 Å². The van der Waals surface area contributed by atoms with Crippen molar-refractivity contribution in [3.05, 3.63) is 69.8 Å². The summed E-state index contributed by atoms with van der Waals surface area (Å²) in [6, 6.07) is 9.88. The molecule has 0 atom stereocenters. The van der Waals surface area contributed by atoms with Gasteiger partial charge in [-0.3, -0.25) is 9.59 Å². The van der Waals surface area contributed by atoms with Crippen LogP contribution in [0.15, 0.2) is 47.4 Å². The second-order valence-corrected chi connectivity index (χ2v) is 5.01. The molecule has 7 heteroatoms. The highest BCUT2D eigenvalue weighted by Gasteiger charge is 2.16. The molecular formula is C17H13N5O2. The summed E-state index contributed by atoms with van der Waals surface area (Å²) in [5.41, 5.74) is 1.96. The highest BCUT2D eigenvalue weighted by atomic mass is 16.1. The van der Waals surface area contributed by atoms with Crippen LogP contribution >= 0.6 is 0 Å². The summed E-state index contributed by atoms with van der Waals surface area (Å²) in [6.45, 7) is 1.74. The molecule has 0 aliphatic carbocycles. The zero-order valence-corrected chi connectivity index (χ0v) is 12.8. The number of aromatic amines is 1. The van der Waals surface area contributed by atoms with Crippen LogP contribution in [0.3, 0.4) is 0 Å². The smallest absolute Gasteiger partial charge is 0.264 e. The van der Waals surface area contributed by atoms with Crippen molar-refractivity contribution in [1.82, 2.24) is 20.0 Å². The molecule has 0 spiro atoms. The molecule has 2 heterocycles. The Morgan fingerprint density at radius 2 is 2.17 bits per heavy atom. The Kier molecular flexibility index (Phi) is 3.95. The third kappa shape index (κ3) is 2.94. The van der Waals surface area contributed by atoms with Gasteiger partial charge in [-0.1, -0.05) is 12.0 Å². The van der Waals surface area contributed by atoms with Crippen molar-refractivity contribution in [3.63, 3.8) is 0 Å². The lowest BCUT2D eigenvalue weighted by atomic mass is 10.2. The molecule has 0 saturated carbocycles. The van der Waals surface area contributed by atoms with E-state index in [1.165, 1.54) is 23.0 Å². The van der Waals surface area contributed by atoms with Gasteiger partial charge in [-0.15, -0.1) is 6.42 Å². The van der Waals surface area contributed by atoms with Gasteiger partial charge in [0, 0.05) is 17.3 Å². The number of nitrogens with one attached hydrogen (secondary N) is 2. The molecule has 0 saturated heterocycles. The maximum atomic E-state index is 12.4. The van der Waals surface area contributed by atoms with Gasteiger partial charge in [0.25, 0.3) is 11.5 Å². The first-order chi connectivity index (χ1) is 11.6. The van der Waals surface area contributed by atoms with Crippen LogP contribution in [0.2, 0.25) is 0 Å². The first kappa shape index (κ1) is 15.2. The molecule has 3 rings (SSSR count). The van der Waals surface area contributed by atoms with Crippen LogP contribution in [0.1, 0.15) is 21.6 Å². The number of hydrogen-bond acceptors (Lipinski definition) is 4. The van der Waals surface area contributed by atoms with Crippen molar-refractivity contribution in [2.24, 2.45) is 0 Å². The molecule has 1 aromatic carbocycles. The number of rotatable bonds is 3. The number of terminal acetylenes is 1. The van der Waals surface area contributed by atoms with Crippen molar-refractivity contribution >= 4 is 11.6 Å². The second-order valence-electron chi connectivity index (χ2n) is 5.01. The fourth-order valence-electron chi connectivity index (χ4n) is 2.20. The number of carbonyl (C=O) groups excluding carboxylic acids is 1. The van der Waals surface area contributed by atoms with E-state index in [4.69, 9.17) is 6.42 Å². The number of benzene rings is 1. The zero-order valence-electron chi connectivity index (χ0n) is 12.8. The van der Waals surface area contributed by atoms with Crippen LogP contribution in [0.5, 0.6) is 0 Å². The van der Waals surface area contributed by atoms with E-state index in [0.29, 0.717) is 28.3 Å². The molecule has 3 aromatic rings. The first-order valence-corrected chi connectivity index (χ1v) is 7.07. The minimum absolute atomic E-state index is 0.308. The van der Waals surface area contributed by atoms with Gasteiger partial charge in [0.2, 0.25) is 0 Å². The monoisotopic (exact) mass is 319 g/mol. The fourth-order valence-corrected chi connectivity index (χ4v) is 2.20. The summed E-state index contributed by atoms with van der Waals surface area (Å²) in [6.07, 6.45) is 6.80. The molecule has 118 valence electrons. The van der Waals surface area contributed by atoms with E-state index in [9.17, 15) is 9.59 Å². The molecule has 7 nitrogen and oxygen atoms in total. The Balaban J connectivity index is 1.87. The lowest BCUT2D eigenvalue weighted by molar-refractivity contribution is 0.102. The van der Waals surface area contributed by atoms with Crippen LogP contribution in [-0.2, 0) is 0 Å². The van der Waals surface area contributed by atoms with E-state index < -0.39 is 0 Å². The Bertz CT molecular complexity index is 990. The van der Waals surface area contributed by atoms with Crippen molar-refractivity contribution < 1.29 is 4.79 Å². The lowest BCUT2D eigenvalue weighted by Crippen LogP contribution is -2.14. The van der Waals surface area contributed by atoms with Crippen molar-refractivity contribution in [2.45, 2.75) is 6.92 Å². The molecule has 24 heavy (non-hydrogen) atoms. The topological polar surface area (TPSA) is 92.7 Å². The van der Waals surface area contributed by atoms with Crippen molar-refractivity contribution in [1.29, 1.82) is 0 Å². The maximum absolute atomic E-state index is 12.4. The van der Waals surface area contributed by atoms with Gasteiger partial charge < -0.3 is 5.32 Å². The Labute approximate surface area is 137 Å². The first-order valence-electron chi connectivity index (χ1n) is 7.07. The third-order valence-electron chi connectivity index (χ3n) is 3.42. The Hall–Kier alpha value is -3.66. The van der Waals surface area contributed by atoms with E-state index in [0.717, 1.165) is 0 Å². The quantitative estimate of drug-likeness (QED) is 0.716. The van der Waals surface area contributed by atoms with Crippen molar-refractivity contribution in [2.75, 3.05) is 5.32 Å². The largest absolute Gasteiger partial charge is 0.322 e. The summed E-state index contributed by atoms with van der Waals surface area (Å²) >= 11 is 0. The molecule has 0 aliphatic rings. The molecule has 1 amide bonds. The average Bonchev–Trinajstić information content (AvgIpc) is 2.97. The van der Waals surface area contributed by atoms with Gasteiger partial charge in [0.15, 0.2) is 5.82 Å². The summed E-state index contributed by atoms with van der Waals surface area (Å²) in [4.78, 5) is 23.5. The lowest BCUT2D eigenvalue weighted by Gasteiger charge is -2.06. The highest BCUT2D eigenvalue weighted by molar-refractivity contribution is 6.05. The maximum Gasteiger partial charge on any atom is 0.264 e. The van der Waals surface area contributed by atoms with Crippen LogP contribution in [0.25, 0.3) is 5.82 Å². The van der Waals surface area contributed by atoms with Crippen molar-refractivity contribution in [3.8, 4) is 18.2 Å². The number of nitrogens with zero attached hydrogens (tertiary/aromatic N) is 3. The molecule has 0 unspecified atom stereocenters. The predicted octanol–water partition coefficient (Wildman–Crippen LogP) is 1.50. The Morgan fingerprint density at radius 3 is 2.88 bits per heavy atom. The van der Waals surface area contributed by atoms with E-state index in [1.54, 1.807) is 31.2 Å². The van der Waals surface area contributed by atoms with Crippen LogP contribution in [-0.4, -0.2) is 25.9 Å². The molecule has 0 bridgehead atoms. The number of carbonyl (C=O) groups is 1. The SMILES string of the molecule is C#Cc1cccc(NC(=O)c2cnn(-c3ccc(=O)[nH]n3)c2C)c1. The second kappa shape index (κ2) is 6.22. The summed E-state index contributed by atoms with van der Waals surface area (Å²) < 4.78 is 1.47. The van der Waals surface area contributed by atoms with E-state index in [-0.39, 0.29) is 11.5 Å². The van der Waals surface area contributed by atoms with Crippen LogP contribution in [0.4, 0.5) is 5.69 Å². The normalized spacial score (nSPS) is 10.2. The molecule has 0 radical (unpaired) electrons. The van der Waals surface area contributed by atoms with Gasteiger partial charge in [0.05, 0.1) is 17.5 Å². The number of aromatic nitrogens is 4. The number of hydrogen-bond donors (Lipinski definition) is 2. The average molecular weight is 319 g/mol. The minimum Gasteiger partial charge on any atom is -0.322 e. The molecular weight excluding hydrogens is 306 g/mol. The van der Waals surface area contributed by atoms with E-state index in [1.807, 2.05) is 0 Å². The van der Waals surface area contributed by atoms with Crippen LogP contribution < -0.4 is 10.9 Å². The van der Waals surface area contributed by atoms with Crippen LogP contribution in [0, 0.1) is 19.3 Å². The van der Waals surface area contributed by atoms with Gasteiger partial charge in [-0.2, -0.15) is 10.2 Å². The Morgan fingerprint density at radius 1 is 1.33 bits per heavy atom. The van der Waals surface area contributed by atoms with E-state index in [2.05, 4.69) is 26.5 Å². The summed E-state index contributed by atoms with van der Waals surface area (Å²) in [5, 5.41) is 13.2. The summed E-state index contributed by atoms with van der Waals surface area (Å²) in [5.74, 6) is 2.63. The summed E-state index contributed by atoms with van der Waals surface area (Å²) in [7, 11) is 0. The van der Waals surface area contributed by atoms with E-state index >= 15 is 0 Å². The highest BCUT2D eigenvalue weighted by Crippen LogP contribution is 2.15.